The molecule has 0 aromatic heterocycles. The number of piperidine rings is 1. The topological polar surface area (TPSA) is 110 Å². The number of aliphatic hydroxyl groups excluding tert-OH is 1. The van der Waals surface area contributed by atoms with Crippen molar-refractivity contribution in [3.8, 4) is 0 Å². The molecule has 3 N–H and O–H groups in total. The lowest BCUT2D eigenvalue weighted by Gasteiger charge is -2.32. The number of carboxylic acid groups (broad SMARTS) is 1. The minimum atomic E-state index is -1.12. The largest absolute Gasteiger partial charge is 0.480 e. The molecule has 0 radical (unpaired) electrons. The fourth-order valence-electron chi connectivity index (χ4n) is 2.66. The van der Waals surface area contributed by atoms with Crippen molar-refractivity contribution in [2.75, 3.05) is 20.1 Å². The van der Waals surface area contributed by atoms with Crippen LogP contribution in [0.25, 0.3) is 0 Å². The number of rotatable bonds is 2. The Kier molecular flexibility index (Phi) is 4.12. The molecule has 20 heavy (non-hydrogen) atoms. The van der Waals surface area contributed by atoms with Gasteiger partial charge in [0.2, 0.25) is 5.91 Å². The van der Waals surface area contributed by atoms with Crippen molar-refractivity contribution in [1.82, 2.24) is 15.1 Å². The van der Waals surface area contributed by atoms with Crippen molar-refractivity contribution in [2.45, 2.75) is 37.5 Å². The number of carbonyl (C=O) groups is 3. The number of aliphatic carboxylic acids is 1. The number of likely N-dealkylation sites (tertiary alicyclic amines) is 2. The van der Waals surface area contributed by atoms with Crippen molar-refractivity contribution in [2.24, 2.45) is 0 Å². The highest BCUT2D eigenvalue weighted by Crippen LogP contribution is 2.19. The molecule has 0 bridgehead atoms. The van der Waals surface area contributed by atoms with Crippen molar-refractivity contribution in [1.29, 1.82) is 0 Å². The number of amides is 3. The van der Waals surface area contributed by atoms with Crippen LogP contribution in [0.2, 0.25) is 0 Å². The minimum Gasteiger partial charge on any atom is -0.480 e. The van der Waals surface area contributed by atoms with E-state index in [0.717, 1.165) is 4.90 Å². The van der Waals surface area contributed by atoms with Gasteiger partial charge in [0.25, 0.3) is 0 Å². The molecule has 3 amide bonds. The lowest BCUT2D eigenvalue weighted by Crippen LogP contribution is -2.54. The van der Waals surface area contributed by atoms with Gasteiger partial charge in [0, 0.05) is 39.0 Å². The van der Waals surface area contributed by atoms with E-state index in [0.29, 0.717) is 19.4 Å². The maximum Gasteiger partial charge on any atom is 0.326 e. The summed E-state index contributed by atoms with van der Waals surface area (Å²) < 4.78 is 0. The minimum absolute atomic E-state index is 0.0181. The number of urea groups is 1. The van der Waals surface area contributed by atoms with E-state index in [1.165, 1.54) is 0 Å². The Hall–Kier alpha value is -1.83. The zero-order valence-corrected chi connectivity index (χ0v) is 11.3. The number of hydrogen-bond donors (Lipinski definition) is 3. The first kappa shape index (κ1) is 14.6. The highest BCUT2D eigenvalue weighted by atomic mass is 16.4. The molecule has 0 spiro atoms. The van der Waals surface area contributed by atoms with E-state index in [2.05, 4.69) is 5.32 Å². The van der Waals surface area contributed by atoms with Crippen LogP contribution in [0.4, 0.5) is 4.79 Å². The molecule has 2 rings (SSSR count). The van der Waals surface area contributed by atoms with Crippen LogP contribution < -0.4 is 5.32 Å². The smallest absolute Gasteiger partial charge is 0.326 e. The summed E-state index contributed by atoms with van der Waals surface area (Å²) in [4.78, 5) is 37.2. The van der Waals surface area contributed by atoms with Gasteiger partial charge in [-0.05, 0) is 6.42 Å². The van der Waals surface area contributed by atoms with E-state index >= 15 is 0 Å². The zero-order valence-electron chi connectivity index (χ0n) is 11.3. The fraction of sp³-hybridized carbons (Fsp3) is 0.750. The molecule has 2 fully saturated rings. The summed E-state index contributed by atoms with van der Waals surface area (Å²) in [5.41, 5.74) is 0. The summed E-state index contributed by atoms with van der Waals surface area (Å²) in [5.74, 6) is -1.08. The first-order chi connectivity index (χ1) is 9.38. The van der Waals surface area contributed by atoms with Crippen LogP contribution in [-0.2, 0) is 9.59 Å². The van der Waals surface area contributed by atoms with Crippen LogP contribution in [0.3, 0.4) is 0 Å². The van der Waals surface area contributed by atoms with Crippen LogP contribution in [-0.4, -0.2) is 76.2 Å². The Bertz CT molecular complexity index is 427. The van der Waals surface area contributed by atoms with Gasteiger partial charge in [-0.1, -0.05) is 0 Å². The second-order valence-corrected chi connectivity index (χ2v) is 5.36. The maximum absolute atomic E-state index is 12.1. The van der Waals surface area contributed by atoms with Crippen molar-refractivity contribution in [3.05, 3.63) is 0 Å². The highest BCUT2D eigenvalue weighted by molar-refractivity contribution is 5.84. The number of aliphatic hydroxyl groups is 1. The number of nitrogens with one attached hydrogen (secondary N) is 1. The Balaban J connectivity index is 1.94. The van der Waals surface area contributed by atoms with Gasteiger partial charge < -0.3 is 25.3 Å². The SMILES string of the molecule is CN1CC(NC(=O)N2CC(O)CC2C(=O)O)CCC1=O. The van der Waals surface area contributed by atoms with Crippen molar-refractivity contribution in [3.63, 3.8) is 0 Å². The zero-order chi connectivity index (χ0) is 14.9. The standard InChI is InChI=1S/C12H19N3O5/c1-14-5-7(2-3-10(14)17)13-12(20)15-6-8(16)4-9(15)11(18)19/h7-9,16H,2-6H2,1H3,(H,13,20)(H,18,19). The molecular weight excluding hydrogens is 266 g/mol. The molecule has 2 heterocycles. The molecule has 0 aromatic rings. The first-order valence-corrected chi connectivity index (χ1v) is 6.60. The van der Waals surface area contributed by atoms with Gasteiger partial charge in [0.15, 0.2) is 0 Å². The highest BCUT2D eigenvalue weighted by Gasteiger charge is 2.39. The Labute approximate surface area is 116 Å². The number of nitrogens with zero attached hydrogens (tertiary/aromatic N) is 2. The fourth-order valence-corrected chi connectivity index (χ4v) is 2.66. The lowest BCUT2D eigenvalue weighted by atomic mass is 10.1. The van der Waals surface area contributed by atoms with Crippen LogP contribution in [0, 0.1) is 0 Å². The average Bonchev–Trinajstić information content (AvgIpc) is 2.76. The predicted octanol–water partition coefficient (Wildman–Crippen LogP) is -1.16. The molecule has 3 unspecified atom stereocenters. The third kappa shape index (κ3) is 3.01. The molecule has 2 aliphatic rings. The molecule has 2 saturated heterocycles. The summed E-state index contributed by atoms with van der Waals surface area (Å²) in [7, 11) is 1.67. The number of carboxylic acids is 1. The molecule has 2 aliphatic heterocycles. The molecule has 0 aliphatic carbocycles. The van der Waals surface area contributed by atoms with E-state index in [1.807, 2.05) is 0 Å². The van der Waals surface area contributed by atoms with E-state index < -0.39 is 24.1 Å². The van der Waals surface area contributed by atoms with Gasteiger partial charge in [-0.3, -0.25) is 4.79 Å². The van der Waals surface area contributed by atoms with Gasteiger partial charge in [-0.25, -0.2) is 9.59 Å². The lowest BCUT2D eigenvalue weighted by molar-refractivity contribution is -0.141. The van der Waals surface area contributed by atoms with Crippen molar-refractivity contribution < 1.29 is 24.6 Å². The van der Waals surface area contributed by atoms with Crippen LogP contribution in [0.5, 0.6) is 0 Å². The summed E-state index contributed by atoms with van der Waals surface area (Å²) in [6.45, 7) is 0.434. The Morgan fingerprint density at radius 2 is 2.05 bits per heavy atom. The van der Waals surface area contributed by atoms with E-state index in [4.69, 9.17) is 5.11 Å². The maximum atomic E-state index is 12.1. The van der Waals surface area contributed by atoms with E-state index in [1.54, 1.807) is 11.9 Å². The van der Waals surface area contributed by atoms with Crippen LogP contribution >= 0.6 is 0 Å². The van der Waals surface area contributed by atoms with Gasteiger partial charge in [0.1, 0.15) is 6.04 Å². The van der Waals surface area contributed by atoms with Crippen LogP contribution in [0.1, 0.15) is 19.3 Å². The summed E-state index contributed by atoms with van der Waals surface area (Å²) in [5, 5.41) is 21.3. The molecular formula is C12H19N3O5. The molecule has 112 valence electrons. The number of β-amino-alcohol motifs (C(OH)–C–C–N with tert-alkyl or cyclic N) is 1. The van der Waals surface area contributed by atoms with E-state index in [9.17, 15) is 19.5 Å². The molecule has 0 saturated carbocycles. The summed E-state index contributed by atoms with van der Waals surface area (Å²) >= 11 is 0. The number of hydrogen-bond acceptors (Lipinski definition) is 4. The Morgan fingerprint density at radius 3 is 2.65 bits per heavy atom. The average molecular weight is 285 g/mol. The quantitative estimate of drug-likeness (QED) is 0.592. The van der Waals surface area contributed by atoms with Crippen LogP contribution in [0.15, 0.2) is 0 Å². The first-order valence-electron chi connectivity index (χ1n) is 6.60. The molecule has 8 heteroatoms. The molecule has 0 aromatic carbocycles. The van der Waals surface area contributed by atoms with E-state index in [-0.39, 0.29) is 24.9 Å². The number of carbonyl (C=O) groups excluding carboxylic acids is 2. The third-order valence-corrected chi connectivity index (χ3v) is 3.78. The van der Waals surface area contributed by atoms with Gasteiger partial charge in [-0.15, -0.1) is 0 Å². The normalized spacial score (nSPS) is 30.5. The Morgan fingerprint density at radius 1 is 1.35 bits per heavy atom. The predicted molar refractivity (Wildman–Crippen MR) is 67.9 cm³/mol. The second-order valence-electron chi connectivity index (χ2n) is 5.36. The van der Waals surface area contributed by atoms with Crippen molar-refractivity contribution >= 4 is 17.9 Å². The monoisotopic (exact) mass is 285 g/mol. The second kappa shape index (κ2) is 5.66. The van der Waals surface area contributed by atoms with Gasteiger partial charge in [-0.2, -0.15) is 0 Å². The summed E-state index contributed by atoms with van der Waals surface area (Å²) in [6, 6.07) is -1.67. The molecule has 8 nitrogen and oxygen atoms in total. The van der Waals surface area contributed by atoms with Gasteiger partial charge in [0.05, 0.1) is 6.10 Å². The third-order valence-electron chi connectivity index (χ3n) is 3.78. The van der Waals surface area contributed by atoms with Gasteiger partial charge >= 0.3 is 12.0 Å². The molecule has 3 atom stereocenters. The summed E-state index contributed by atoms with van der Waals surface area (Å²) in [6.07, 6.45) is 0.152. The number of likely N-dealkylation sites (N-methyl/N-ethyl adjacent to an activating group) is 1.